The van der Waals surface area contributed by atoms with Gasteiger partial charge in [0.05, 0.1) is 5.60 Å². The number of nitrogens with zero attached hydrogens (tertiary/aromatic N) is 4. The quantitative estimate of drug-likeness (QED) is 0.624. The number of anilines is 2. The van der Waals surface area contributed by atoms with Gasteiger partial charge in [0.15, 0.2) is 5.16 Å². The molecule has 0 spiro atoms. The molecule has 21 heavy (non-hydrogen) atoms. The molecule has 1 aliphatic heterocycles. The van der Waals surface area contributed by atoms with Crippen LogP contribution in [0.2, 0.25) is 0 Å². The van der Waals surface area contributed by atoms with Crippen LogP contribution in [0.1, 0.15) is 13.8 Å². The smallest absolute Gasteiger partial charge is 0.191 e. The molecule has 2 rings (SSSR count). The van der Waals surface area contributed by atoms with Crippen molar-refractivity contribution < 1.29 is 5.11 Å². The van der Waals surface area contributed by atoms with Crippen molar-refractivity contribution in [2.24, 2.45) is 0 Å². The zero-order chi connectivity index (χ0) is 15.5. The van der Waals surface area contributed by atoms with Gasteiger partial charge in [-0.25, -0.2) is 9.97 Å². The van der Waals surface area contributed by atoms with E-state index in [0.717, 1.165) is 43.0 Å². The summed E-state index contributed by atoms with van der Waals surface area (Å²) in [6.07, 6.45) is 1.99. The van der Waals surface area contributed by atoms with Crippen LogP contribution in [0.5, 0.6) is 0 Å². The van der Waals surface area contributed by atoms with Crippen molar-refractivity contribution >= 4 is 23.4 Å². The summed E-state index contributed by atoms with van der Waals surface area (Å²) >= 11 is 1.55. The summed E-state index contributed by atoms with van der Waals surface area (Å²) in [5.41, 5.74) is -0.637. The SMILES string of the molecule is CNc1cc(N2CCN(CC(C)(C)O)CC2)nc(SC)n1. The fourth-order valence-corrected chi connectivity index (χ4v) is 2.85. The lowest BCUT2D eigenvalue weighted by Gasteiger charge is -2.37. The number of hydrogen-bond donors (Lipinski definition) is 2. The normalized spacial score (nSPS) is 17.1. The highest BCUT2D eigenvalue weighted by Gasteiger charge is 2.23. The number of β-amino-alcohol motifs (C(OH)–C–C–N with tert-alkyl or cyclic N) is 1. The van der Waals surface area contributed by atoms with Gasteiger partial charge < -0.3 is 15.3 Å². The summed E-state index contributed by atoms with van der Waals surface area (Å²) < 4.78 is 0. The molecule has 1 fully saturated rings. The number of aliphatic hydroxyl groups is 1. The number of aromatic nitrogens is 2. The number of piperazine rings is 1. The van der Waals surface area contributed by atoms with Crippen LogP contribution >= 0.6 is 11.8 Å². The van der Waals surface area contributed by atoms with Gasteiger partial charge in [-0.3, -0.25) is 4.90 Å². The maximum Gasteiger partial charge on any atom is 0.191 e. The second kappa shape index (κ2) is 6.81. The molecular formula is C14H25N5OS. The molecule has 0 aromatic carbocycles. The van der Waals surface area contributed by atoms with E-state index >= 15 is 0 Å². The van der Waals surface area contributed by atoms with E-state index in [1.165, 1.54) is 0 Å². The monoisotopic (exact) mass is 311 g/mol. The van der Waals surface area contributed by atoms with Crippen LogP contribution in [-0.4, -0.2) is 71.6 Å². The van der Waals surface area contributed by atoms with Crippen LogP contribution < -0.4 is 10.2 Å². The van der Waals surface area contributed by atoms with Crippen molar-refractivity contribution in [3.05, 3.63) is 6.07 Å². The van der Waals surface area contributed by atoms with E-state index in [1.54, 1.807) is 11.8 Å². The highest BCUT2D eigenvalue weighted by molar-refractivity contribution is 7.98. The lowest BCUT2D eigenvalue weighted by molar-refractivity contribution is 0.0344. The van der Waals surface area contributed by atoms with Crippen molar-refractivity contribution in [1.29, 1.82) is 0 Å². The molecule has 6 nitrogen and oxygen atoms in total. The second-order valence-corrected chi connectivity index (χ2v) is 6.70. The predicted octanol–water partition coefficient (Wildman–Crippen LogP) is 1.13. The first kappa shape index (κ1) is 16.3. The third-order valence-corrected chi connectivity index (χ3v) is 3.99. The summed E-state index contributed by atoms with van der Waals surface area (Å²) in [4.78, 5) is 13.6. The Balaban J connectivity index is 2.02. The van der Waals surface area contributed by atoms with Crippen molar-refractivity contribution in [3.63, 3.8) is 0 Å². The number of hydrogen-bond acceptors (Lipinski definition) is 7. The molecule has 1 aromatic rings. The number of thioether (sulfide) groups is 1. The Kier molecular flexibility index (Phi) is 5.29. The third-order valence-electron chi connectivity index (χ3n) is 3.44. The van der Waals surface area contributed by atoms with Crippen molar-refractivity contribution in [2.75, 3.05) is 56.2 Å². The average molecular weight is 311 g/mol. The van der Waals surface area contributed by atoms with E-state index in [9.17, 15) is 5.11 Å². The minimum Gasteiger partial charge on any atom is -0.389 e. The Hall–Kier alpha value is -1.05. The zero-order valence-corrected chi connectivity index (χ0v) is 14.1. The average Bonchev–Trinajstić information content (AvgIpc) is 2.45. The second-order valence-electron chi connectivity index (χ2n) is 5.92. The van der Waals surface area contributed by atoms with E-state index in [-0.39, 0.29) is 0 Å². The topological polar surface area (TPSA) is 64.5 Å². The Labute approximate surface area is 131 Å². The molecule has 0 aliphatic carbocycles. The number of nitrogens with one attached hydrogen (secondary N) is 1. The highest BCUT2D eigenvalue weighted by Crippen LogP contribution is 2.21. The molecule has 1 aliphatic rings. The van der Waals surface area contributed by atoms with Crippen LogP contribution in [-0.2, 0) is 0 Å². The van der Waals surface area contributed by atoms with Gasteiger partial charge in [0.2, 0.25) is 0 Å². The molecule has 2 heterocycles. The van der Waals surface area contributed by atoms with Gasteiger partial charge >= 0.3 is 0 Å². The summed E-state index contributed by atoms with van der Waals surface area (Å²) in [6, 6.07) is 1.99. The molecule has 2 N–H and O–H groups in total. The Morgan fingerprint density at radius 2 is 1.95 bits per heavy atom. The first-order chi connectivity index (χ1) is 9.91. The fraction of sp³-hybridized carbons (Fsp3) is 0.714. The van der Waals surface area contributed by atoms with Crippen LogP contribution in [0.25, 0.3) is 0 Å². The third kappa shape index (κ3) is 4.72. The van der Waals surface area contributed by atoms with Gasteiger partial charge in [0, 0.05) is 45.8 Å². The van der Waals surface area contributed by atoms with Crippen LogP contribution in [0.4, 0.5) is 11.6 Å². The van der Waals surface area contributed by atoms with Gasteiger partial charge in [-0.15, -0.1) is 0 Å². The van der Waals surface area contributed by atoms with E-state index in [2.05, 4.69) is 25.1 Å². The lowest BCUT2D eigenvalue weighted by atomic mass is 10.1. The molecule has 0 radical (unpaired) electrons. The molecule has 1 aromatic heterocycles. The maximum atomic E-state index is 9.90. The fourth-order valence-electron chi connectivity index (χ4n) is 2.48. The van der Waals surface area contributed by atoms with E-state index < -0.39 is 5.60 Å². The maximum absolute atomic E-state index is 9.90. The molecule has 0 amide bonds. The first-order valence-electron chi connectivity index (χ1n) is 7.22. The van der Waals surface area contributed by atoms with Crippen LogP contribution in [0.15, 0.2) is 11.2 Å². The summed E-state index contributed by atoms with van der Waals surface area (Å²) in [7, 11) is 1.87. The van der Waals surface area contributed by atoms with Gasteiger partial charge in [-0.1, -0.05) is 11.8 Å². The van der Waals surface area contributed by atoms with Gasteiger partial charge in [-0.2, -0.15) is 0 Å². The van der Waals surface area contributed by atoms with E-state index in [4.69, 9.17) is 0 Å². The first-order valence-corrected chi connectivity index (χ1v) is 8.44. The Morgan fingerprint density at radius 1 is 1.29 bits per heavy atom. The van der Waals surface area contributed by atoms with Crippen molar-refractivity contribution in [3.8, 4) is 0 Å². The Morgan fingerprint density at radius 3 is 2.48 bits per heavy atom. The van der Waals surface area contributed by atoms with E-state index in [0.29, 0.717) is 6.54 Å². The van der Waals surface area contributed by atoms with Crippen LogP contribution in [0.3, 0.4) is 0 Å². The van der Waals surface area contributed by atoms with Crippen molar-refractivity contribution in [2.45, 2.75) is 24.6 Å². The standard InChI is InChI=1S/C14H25N5OS/c1-14(2,20)10-18-5-7-19(8-6-18)12-9-11(15-3)16-13(17-12)21-4/h9,20H,5-8,10H2,1-4H3,(H,15,16,17). The molecule has 1 saturated heterocycles. The Bertz CT molecular complexity index is 447. The predicted molar refractivity (Wildman–Crippen MR) is 88.3 cm³/mol. The summed E-state index contributed by atoms with van der Waals surface area (Å²) in [5, 5.41) is 13.8. The van der Waals surface area contributed by atoms with Gasteiger partial charge in [0.25, 0.3) is 0 Å². The zero-order valence-electron chi connectivity index (χ0n) is 13.3. The van der Waals surface area contributed by atoms with Crippen LogP contribution in [0, 0.1) is 0 Å². The summed E-state index contributed by atoms with van der Waals surface area (Å²) in [6.45, 7) is 8.15. The molecular weight excluding hydrogens is 286 g/mol. The molecule has 0 atom stereocenters. The molecule has 0 unspecified atom stereocenters. The number of rotatable bonds is 5. The van der Waals surface area contributed by atoms with Gasteiger partial charge in [-0.05, 0) is 20.1 Å². The van der Waals surface area contributed by atoms with Crippen molar-refractivity contribution in [1.82, 2.24) is 14.9 Å². The minimum absolute atomic E-state index is 0.637. The summed E-state index contributed by atoms with van der Waals surface area (Å²) in [5.74, 6) is 1.82. The molecule has 0 saturated carbocycles. The molecule has 0 bridgehead atoms. The lowest BCUT2D eigenvalue weighted by Crippen LogP contribution is -2.50. The largest absolute Gasteiger partial charge is 0.389 e. The molecule has 7 heteroatoms. The minimum atomic E-state index is -0.637. The highest BCUT2D eigenvalue weighted by atomic mass is 32.2. The van der Waals surface area contributed by atoms with E-state index in [1.807, 2.05) is 33.2 Å². The van der Waals surface area contributed by atoms with Gasteiger partial charge in [0.1, 0.15) is 11.6 Å². The molecule has 118 valence electrons.